The van der Waals surface area contributed by atoms with Crippen molar-refractivity contribution in [1.82, 2.24) is 9.97 Å². The Bertz CT molecular complexity index is 1220. The van der Waals surface area contributed by atoms with E-state index >= 15 is 0 Å². The molecule has 4 rings (SSSR count). The van der Waals surface area contributed by atoms with Crippen molar-refractivity contribution in [2.75, 3.05) is 5.32 Å². The number of hydrogen-bond donors (Lipinski definition) is 3. The van der Waals surface area contributed by atoms with Gasteiger partial charge in [0.1, 0.15) is 29.1 Å². The van der Waals surface area contributed by atoms with Crippen LogP contribution in [-0.4, -0.2) is 32.2 Å². The van der Waals surface area contributed by atoms with Crippen molar-refractivity contribution in [1.29, 1.82) is 0 Å². The zero-order valence-electron chi connectivity index (χ0n) is 18.2. The maximum Gasteiger partial charge on any atom is 0.326 e. The predicted octanol–water partition coefficient (Wildman–Crippen LogP) is 4.70. The van der Waals surface area contributed by atoms with E-state index in [9.17, 15) is 15.0 Å². The Kier molecular flexibility index (Phi) is 6.69. The van der Waals surface area contributed by atoms with Gasteiger partial charge in [-0.2, -0.15) is 0 Å². The smallest absolute Gasteiger partial charge is 0.326 e. The van der Waals surface area contributed by atoms with E-state index in [1.165, 1.54) is 0 Å². The third-order valence-corrected chi connectivity index (χ3v) is 5.30. The molecule has 2 aromatic heterocycles. The lowest BCUT2D eigenvalue weighted by Gasteiger charge is -2.17. The summed E-state index contributed by atoms with van der Waals surface area (Å²) in [6.07, 6.45) is 3.01. The van der Waals surface area contributed by atoms with Crippen molar-refractivity contribution in [3.05, 3.63) is 95.7 Å². The van der Waals surface area contributed by atoms with Gasteiger partial charge in [0.25, 0.3) is 0 Å². The van der Waals surface area contributed by atoms with Crippen LogP contribution in [0.1, 0.15) is 29.7 Å². The molecule has 0 aliphatic carbocycles. The molecule has 0 spiro atoms. The molecule has 1 atom stereocenters. The van der Waals surface area contributed by atoms with E-state index in [4.69, 9.17) is 9.40 Å². The fourth-order valence-electron chi connectivity index (χ4n) is 3.52. The van der Waals surface area contributed by atoms with Crippen molar-refractivity contribution in [2.45, 2.75) is 32.2 Å². The Morgan fingerprint density at radius 1 is 1.03 bits per heavy atom. The molecule has 0 aliphatic heterocycles. The molecule has 0 amide bonds. The molecule has 0 aliphatic rings. The summed E-state index contributed by atoms with van der Waals surface area (Å²) in [4.78, 5) is 21.3. The van der Waals surface area contributed by atoms with Crippen LogP contribution >= 0.6 is 0 Å². The highest BCUT2D eigenvalue weighted by molar-refractivity contribution is 5.77. The van der Waals surface area contributed by atoms with Crippen LogP contribution in [0.2, 0.25) is 0 Å². The maximum absolute atomic E-state index is 12.0. The lowest BCUT2D eigenvalue weighted by molar-refractivity contribution is -0.138. The van der Waals surface area contributed by atoms with Gasteiger partial charge in [-0.1, -0.05) is 37.3 Å². The fraction of sp³-hybridized carbons (Fsp3) is 0.192. The van der Waals surface area contributed by atoms with Crippen molar-refractivity contribution in [3.63, 3.8) is 0 Å². The molecule has 0 saturated carbocycles. The number of nitrogens with zero attached hydrogens (tertiary/aromatic N) is 2. The summed E-state index contributed by atoms with van der Waals surface area (Å²) in [5.41, 5.74) is 3.10. The number of carbonyl (C=O) groups is 1. The topological polar surface area (TPSA) is 108 Å². The van der Waals surface area contributed by atoms with Crippen molar-refractivity contribution < 1.29 is 19.4 Å². The van der Waals surface area contributed by atoms with Gasteiger partial charge in [0, 0.05) is 24.8 Å². The van der Waals surface area contributed by atoms with E-state index in [0.717, 1.165) is 23.3 Å². The monoisotopic (exact) mass is 443 g/mol. The molecule has 0 bridgehead atoms. The largest absolute Gasteiger partial charge is 0.508 e. The third kappa shape index (κ3) is 5.57. The molecule has 1 unspecified atom stereocenters. The summed E-state index contributed by atoms with van der Waals surface area (Å²) >= 11 is 0. The molecule has 7 nitrogen and oxygen atoms in total. The molecular weight excluding hydrogens is 418 g/mol. The molecule has 168 valence electrons. The lowest BCUT2D eigenvalue weighted by atomic mass is 10.1. The summed E-state index contributed by atoms with van der Waals surface area (Å²) in [7, 11) is 0. The van der Waals surface area contributed by atoms with E-state index in [2.05, 4.69) is 10.3 Å². The SMILES string of the molecule is CCc1ccc(CC(Nc2ncc(-c3ccc(O)cc3)nc2Cc2ccccc2)C(=O)O)o1. The molecule has 0 fully saturated rings. The highest BCUT2D eigenvalue weighted by Crippen LogP contribution is 2.24. The minimum Gasteiger partial charge on any atom is -0.508 e. The number of carboxylic acid groups (broad SMARTS) is 1. The summed E-state index contributed by atoms with van der Waals surface area (Å²) in [5.74, 6) is 1.00. The van der Waals surface area contributed by atoms with Crippen molar-refractivity contribution in [2.24, 2.45) is 0 Å². The van der Waals surface area contributed by atoms with E-state index in [1.54, 1.807) is 36.5 Å². The number of benzene rings is 2. The first-order chi connectivity index (χ1) is 16.0. The standard InChI is InChI=1S/C26H25N3O4/c1-2-20-12-13-21(33-20)15-23(26(31)32)29-25-22(14-17-6-4-3-5-7-17)28-24(16-27-25)18-8-10-19(30)11-9-18/h3-13,16,23,30H,2,14-15H2,1H3,(H,27,29)(H,31,32). The first kappa shape index (κ1) is 22.1. The number of nitrogens with one attached hydrogen (secondary N) is 1. The first-order valence-electron chi connectivity index (χ1n) is 10.8. The second kappa shape index (κ2) is 9.99. The zero-order chi connectivity index (χ0) is 23.2. The van der Waals surface area contributed by atoms with E-state index in [-0.39, 0.29) is 12.2 Å². The summed E-state index contributed by atoms with van der Waals surface area (Å²) < 4.78 is 5.70. The molecule has 4 aromatic rings. The zero-order valence-corrected chi connectivity index (χ0v) is 18.2. The Labute approximate surface area is 191 Å². The van der Waals surface area contributed by atoms with E-state index in [0.29, 0.717) is 29.4 Å². The van der Waals surface area contributed by atoms with E-state index in [1.807, 2.05) is 43.3 Å². The molecular formula is C26H25N3O4. The van der Waals surface area contributed by atoms with Gasteiger partial charge in [0.15, 0.2) is 0 Å². The van der Waals surface area contributed by atoms with Crippen LogP contribution in [0.3, 0.4) is 0 Å². The first-order valence-corrected chi connectivity index (χ1v) is 10.8. The summed E-state index contributed by atoms with van der Waals surface area (Å²) in [6.45, 7) is 1.98. The normalized spacial score (nSPS) is 11.8. The Hall–Kier alpha value is -4.13. The van der Waals surface area contributed by atoms with Crippen molar-refractivity contribution >= 4 is 11.8 Å². The number of rotatable bonds is 9. The van der Waals surface area contributed by atoms with E-state index < -0.39 is 12.0 Å². The summed E-state index contributed by atoms with van der Waals surface area (Å²) in [5, 5.41) is 22.5. The number of aromatic hydroxyl groups is 1. The van der Waals surface area contributed by atoms with Gasteiger partial charge >= 0.3 is 5.97 Å². The predicted molar refractivity (Wildman–Crippen MR) is 125 cm³/mol. The molecule has 0 saturated heterocycles. The minimum absolute atomic E-state index is 0.169. The molecule has 33 heavy (non-hydrogen) atoms. The van der Waals surface area contributed by atoms with Crippen LogP contribution in [-0.2, 0) is 24.1 Å². The van der Waals surface area contributed by atoms with Crippen LogP contribution in [0.4, 0.5) is 5.82 Å². The van der Waals surface area contributed by atoms with Crippen LogP contribution in [0, 0.1) is 0 Å². The number of phenolic OH excluding ortho intramolecular Hbond substituents is 1. The Balaban J connectivity index is 1.65. The highest BCUT2D eigenvalue weighted by atomic mass is 16.4. The molecule has 7 heteroatoms. The number of hydrogen-bond acceptors (Lipinski definition) is 6. The maximum atomic E-state index is 12.0. The van der Waals surface area contributed by atoms with Gasteiger partial charge in [0.05, 0.1) is 17.6 Å². The van der Waals surface area contributed by atoms with Gasteiger partial charge in [-0.3, -0.25) is 0 Å². The van der Waals surface area contributed by atoms with Crippen molar-refractivity contribution in [3.8, 4) is 17.0 Å². The second-order valence-electron chi connectivity index (χ2n) is 7.72. The molecule has 3 N–H and O–H groups in total. The number of furan rings is 1. The average Bonchev–Trinajstić information content (AvgIpc) is 3.28. The number of phenols is 1. The molecule has 2 aromatic carbocycles. The Morgan fingerprint density at radius 2 is 1.76 bits per heavy atom. The lowest BCUT2D eigenvalue weighted by Crippen LogP contribution is -2.32. The Morgan fingerprint density at radius 3 is 2.42 bits per heavy atom. The van der Waals surface area contributed by atoms with Crippen LogP contribution in [0.5, 0.6) is 5.75 Å². The van der Waals surface area contributed by atoms with Crippen LogP contribution in [0.25, 0.3) is 11.3 Å². The van der Waals surface area contributed by atoms with Gasteiger partial charge in [-0.25, -0.2) is 14.8 Å². The minimum atomic E-state index is -1.00. The van der Waals surface area contributed by atoms with Gasteiger partial charge in [-0.05, 0) is 42.0 Å². The van der Waals surface area contributed by atoms with Gasteiger partial charge < -0.3 is 19.9 Å². The molecule has 0 radical (unpaired) electrons. The summed E-state index contributed by atoms with van der Waals surface area (Å²) in [6, 6.07) is 19.3. The number of aromatic nitrogens is 2. The average molecular weight is 444 g/mol. The van der Waals surface area contributed by atoms with Crippen LogP contribution < -0.4 is 5.32 Å². The fourth-order valence-corrected chi connectivity index (χ4v) is 3.52. The quantitative estimate of drug-likeness (QED) is 0.344. The number of aliphatic carboxylic acids is 1. The second-order valence-corrected chi connectivity index (χ2v) is 7.72. The van der Waals surface area contributed by atoms with Gasteiger partial charge in [0.2, 0.25) is 0 Å². The van der Waals surface area contributed by atoms with Gasteiger partial charge in [-0.15, -0.1) is 0 Å². The number of anilines is 1. The third-order valence-electron chi connectivity index (χ3n) is 5.30. The number of carboxylic acids is 1. The highest BCUT2D eigenvalue weighted by Gasteiger charge is 2.22. The molecule has 2 heterocycles. The number of aryl methyl sites for hydroxylation is 1. The van der Waals surface area contributed by atoms with Crippen LogP contribution in [0.15, 0.2) is 77.3 Å².